The zero-order valence-electron chi connectivity index (χ0n) is 16.0. The molecule has 0 saturated heterocycles. The second-order valence-corrected chi connectivity index (χ2v) is 7.17. The van der Waals surface area contributed by atoms with Crippen LogP contribution in [-0.2, 0) is 4.79 Å². The van der Waals surface area contributed by atoms with Gasteiger partial charge in [0.2, 0.25) is 5.91 Å². The molecule has 0 aliphatic rings. The number of hydrogen-bond acceptors (Lipinski definition) is 3. The molecule has 0 saturated carbocycles. The highest BCUT2D eigenvalue weighted by atomic mass is 35.5. The minimum atomic E-state index is -0.594. The van der Waals surface area contributed by atoms with Gasteiger partial charge in [-0.15, -0.1) is 0 Å². The van der Waals surface area contributed by atoms with E-state index in [1.807, 2.05) is 37.3 Å². The van der Waals surface area contributed by atoms with Crippen molar-refractivity contribution in [1.82, 2.24) is 0 Å². The Balaban J connectivity index is 2.02. The van der Waals surface area contributed by atoms with Gasteiger partial charge in [-0.2, -0.15) is 0 Å². The molecule has 3 aromatic carbocycles. The number of nitrogen functional groups attached to an aromatic ring is 1. The second kappa shape index (κ2) is 8.80. The first kappa shape index (κ1) is 20.4. The Kier molecular flexibility index (Phi) is 6.20. The van der Waals surface area contributed by atoms with E-state index in [0.717, 1.165) is 23.1 Å². The molecule has 5 N–H and O–H groups in total. The predicted octanol–water partition coefficient (Wildman–Crippen LogP) is 5.09. The van der Waals surface area contributed by atoms with Crippen LogP contribution in [0.5, 0.6) is 0 Å². The van der Waals surface area contributed by atoms with Gasteiger partial charge in [0.1, 0.15) is 0 Å². The lowest BCUT2D eigenvalue weighted by Crippen LogP contribution is -2.14. The first-order valence-electron chi connectivity index (χ1n) is 9.28. The third kappa shape index (κ3) is 4.76. The maximum Gasteiger partial charge on any atom is 0.250 e. The van der Waals surface area contributed by atoms with Crippen molar-refractivity contribution >= 4 is 34.8 Å². The summed E-state index contributed by atoms with van der Waals surface area (Å²) in [6.07, 6.45) is 1.26. The molecule has 148 valence electrons. The van der Waals surface area contributed by atoms with Gasteiger partial charge in [-0.25, -0.2) is 0 Å². The first-order chi connectivity index (χ1) is 13.9. The van der Waals surface area contributed by atoms with E-state index >= 15 is 0 Å². The minimum absolute atomic E-state index is 0.0273. The van der Waals surface area contributed by atoms with Gasteiger partial charge < -0.3 is 16.8 Å². The SMILES string of the molecule is CCCC(=O)Nc1ccc(-c2cc(-c3ccc(Cl)cc3)cc(C(N)=O)c2N)cc1. The zero-order valence-corrected chi connectivity index (χ0v) is 16.8. The smallest absolute Gasteiger partial charge is 0.250 e. The third-order valence-electron chi connectivity index (χ3n) is 4.58. The first-order valence-corrected chi connectivity index (χ1v) is 9.66. The average molecular weight is 408 g/mol. The van der Waals surface area contributed by atoms with Crippen molar-refractivity contribution in [2.45, 2.75) is 19.8 Å². The summed E-state index contributed by atoms with van der Waals surface area (Å²) < 4.78 is 0. The molecular formula is C23H22ClN3O2. The molecule has 0 aliphatic heterocycles. The number of hydrogen-bond donors (Lipinski definition) is 3. The van der Waals surface area contributed by atoms with Crippen molar-refractivity contribution in [2.75, 3.05) is 11.1 Å². The number of anilines is 2. The predicted molar refractivity (Wildman–Crippen MR) is 119 cm³/mol. The van der Waals surface area contributed by atoms with E-state index in [9.17, 15) is 9.59 Å². The molecule has 29 heavy (non-hydrogen) atoms. The second-order valence-electron chi connectivity index (χ2n) is 6.73. The van der Waals surface area contributed by atoms with Gasteiger partial charge in [0.25, 0.3) is 5.91 Å². The summed E-state index contributed by atoms with van der Waals surface area (Å²) in [5.41, 5.74) is 16.3. The highest BCUT2D eigenvalue weighted by Crippen LogP contribution is 2.35. The largest absolute Gasteiger partial charge is 0.398 e. The van der Waals surface area contributed by atoms with Crippen LogP contribution in [0, 0.1) is 0 Å². The maximum atomic E-state index is 12.0. The molecule has 0 aromatic heterocycles. The van der Waals surface area contributed by atoms with Gasteiger partial charge in [-0.3, -0.25) is 9.59 Å². The van der Waals surface area contributed by atoms with Crippen LogP contribution >= 0.6 is 11.6 Å². The Labute approximate surface area is 174 Å². The van der Waals surface area contributed by atoms with Crippen LogP contribution in [0.25, 0.3) is 22.3 Å². The summed E-state index contributed by atoms with van der Waals surface area (Å²) in [6, 6.07) is 18.2. The highest BCUT2D eigenvalue weighted by molar-refractivity contribution is 6.30. The number of nitrogens with two attached hydrogens (primary N) is 2. The number of benzene rings is 3. The van der Waals surface area contributed by atoms with Crippen molar-refractivity contribution in [2.24, 2.45) is 5.73 Å². The Morgan fingerprint density at radius 3 is 2.14 bits per heavy atom. The molecule has 0 aliphatic carbocycles. The molecule has 0 unspecified atom stereocenters. The number of nitrogens with one attached hydrogen (secondary N) is 1. The van der Waals surface area contributed by atoms with Crippen molar-refractivity contribution in [3.8, 4) is 22.3 Å². The minimum Gasteiger partial charge on any atom is -0.398 e. The fraction of sp³-hybridized carbons (Fsp3) is 0.130. The standard InChI is InChI=1S/C23H22ClN3O2/c1-2-3-21(28)27-18-10-6-15(7-11-18)19-12-16(13-20(22(19)25)23(26)29)14-4-8-17(24)9-5-14/h4-13H,2-3,25H2,1H3,(H2,26,29)(H,27,28). The molecule has 0 atom stereocenters. The van der Waals surface area contributed by atoms with Crippen molar-refractivity contribution < 1.29 is 9.59 Å². The van der Waals surface area contributed by atoms with Crippen LogP contribution in [0.15, 0.2) is 60.7 Å². The van der Waals surface area contributed by atoms with Crippen LogP contribution < -0.4 is 16.8 Å². The van der Waals surface area contributed by atoms with E-state index in [0.29, 0.717) is 28.4 Å². The monoisotopic (exact) mass is 407 g/mol. The lowest BCUT2D eigenvalue weighted by molar-refractivity contribution is -0.116. The highest BCUT2D eigenvalue weighted by Gasteiger charge is 2.15. The van der Waals surface area contributed by atoms with Gasteiger partial charge >= 0.3 is 0 Å². The maximum absolute atomic E-state index is 12.0. The number of amides is 2. The quantitative estimate of drug-likeness (QED) is 0.496. The lowest BCUT2D eigenvalue weighted by atomic mass is 9.93. The molecule has 2 amide bonds. The molecule has 0 spiro atoms. The van der Waals surface area contributed by atoms with Crippen LogP contribution in [0.1, 0.15) is 30.1 Å². The van der Waals surface area contributed by atoms with Crippen molar-refractivity contribution in [3.05, 3.63) is 71.2 Å². The number of carbonyl (C=O) groups excluding carboxylic acids is 2. The molecule has 3 aromatic rings. The summed E-state index contributed by atoms with van der Waals surface area (Å²) in [5.74, 6) is -0.622. The Bertz CT molecular complexity index is 1040. The average Bonchev–Trinajstić information content (AvgIpc) is 2.69. The van der Waals surface area contributed by atoms with Crippen molar-refractivity contribution in [3.63, 3.8) is 0 Å². The molecule has 0 fully saturated rings. The fourth-order valence-electron chi connectivity index (χ4n) is 3.09. The normalized spacial score (nSPS) is 10.6. The molecule has 3 rings (SSSR count). The van der Waals surface area contributed by atoms with E-state index in [4.69, 9.17) is 23.1 Å². The number of primary amides is 1. The Hall–Kier alpha value is -3.31. The van der Waals surface area contributed by atoms with Gasteiger partial charge in [-0.1, -0.05) is 42.8 Å². The van der Waals surface area contributed by atoms with Gasteiger partial charge in [0.05, 0.1) is 11.3 Å². The summed E-state index contributed by atoms with van der Waals surface area (Å²) in [6.45, 7) is 1.95. The van der Waals surface area contributed by atoms with E-state index < -0.39 is 5.91 Å². The topological polar surface area (TPSA) is 98.2 Å². The Morgan fingerprint density at radius 2 is 1.55 bits per heavy atom. The number of halogens is 1. The van der Waals surface area contributed by atoms with Gasteiger partial charge in [-0.05, 0) is 59.5 Å². The molecule has 6 heteroatoms. The third-order valence-corrected chi connectivity index (χ3v) is 4.83. The van der Waals surface area contributed by atoms with Crippen LogP contribution in [0.3, 0.4) is 0 Å². The molecule has 0 heterocycles. The van der Waals surface area contributed by atoms with Crippen molar-refractivity contribution in [1.29, 1.82) is 0 Å². The van der Waals surface area contributed by atoms with Crippen LogP contribution in [0.2, 0.25) is 5.02 Å². The summed E-state index contributed by atoms with van der Waals surface area (Å²) in [5, 5.41) is 3.48. The fourth-order valence-corrected chi connectivity index (χ4v) is 3.21. The lowest BCUT2D eigenvalue weighted by Gasteiger charge is -2.14. The van der Waals surface area contributed by atoms with Gasteiger partial charge in [0, 0.05) is 22.7 Å². The number of carbonyl (C=O) groups is 2. The molecule has 5 nitrogen and oxygen atoms in total. The molecular weight excluding hydrogens is 386 g/mol. The van der Waals surface area contributed by atoms with Crippen LogP contribution in [-0.4, -0.2) is 11.8 Å². The number of rotatable bonds is 6. The summed E-state index contributed by atoms with van der Waals surface area (Å²) in [4.78, 5) is 23.7. The summed E-state index contributed by atoms with van der Waals surface area (Å²) >= 11 is 5.98. The van der Waals surface area contributed by atoms with E-state index in [-0.39, 0.29) is 11.5 Å². The molecule has 0 bridgehead atoms. The van der Waals surface area contributed by atoms with Gasteiger partial charge in [0.15, 0.2) is 0 Å². The van der Waals surface area contributed by atoms with E-state index in [2.05, 4.69) is 5.32 Å². The molecule has 0 radical (unpaired) electrons. The zero-order chi connectivity index (χ0) is 21.0. The van der Waals surface area contributed by atoms with E-state index in [1.54, 1.807) is 30.3 Å². The summed E-state index contributed by atoms with van der Waals surface area (Å²) in [7, 11) is 0. The van der Waals surface area contributed by atoms with E-state index in [1.165, 1.54) is 0 Å². The Morgan fingerprint density at radius 1 is 0.931 bits per heavy atom. The van der Waals surface area contributed by atoms with Crippen LogP contribution in [0.4, 0.5) is 11.4 Å².